The summed E-state index contributed by atoms with van der Waals surface area (Å²) in [5.74, 6) is 0. The van der Waals surface area contributed by atoms with Crippen molar-refractivity contribution < 1.29 is 0 Å². The number of rotatable bonds is 5. The van der Waals surface area contributed by atoms with Crippen molar-refractivity contribution in [1.29, 1.82) is 10.5 Å². The second kappa shape index (κ2) is 6.45. The van der Waals surface area contributed by atoms with Gasteiger partial charge >= 0.3 is 0 Å². The van der Waals surface area contributed by atoms with Crippen LogP contribution in [0.2, 0.25) is 0 Å². The molecule has 4 nitrogen and oxygen atoms in total. The lowest BCUT2D eigenvalue weighted by Crippen LogP contribution is -1.99. The van der Waals surface area contributed by atoms with Gasteiger partial charge in [0, 0.05) is 31.2 Å². The molecular formula is C16H16N4. The van der Waals surface area contributed by atoms with Crippen molar-refractivity contribution in [2.45, 2.75) is 26.4 Å². The van der Waals surface area contributed by atoms with E-state index < -0.39 is 0 Å². The average Bonchev–Trinajstić information content (AvgIpc) is 2.93. The Balaban J connectivity index is 2.03. The molecule has 0 radical (unpaired) electrons. The maximum absolute atomic E-state index is 8.99. The predicted octanol–water partition coefficient (Wildman–Crippen LogP) is 3.25. The summed E-state index contributed by atoms with van der Waals surface area (Å²) in [4.78, 5) is 0. The Morgan fingerprint density at radius 3 is 2.65 bits per heavy atom. The van der Waals surface area contributed by atoms with Gasteiger partial charge in [0.1, 0.15) is 12.1 Å². The monoisotopic (exact) mass is 264 g/mol. The first-order valence-electron chi connectivity index (χ1n) is 6.59. The lowest BCUT2D eigenvalue weighted by atomic mass is 10.1. The van der Waals surface area contributed by atoms with E-state index in [1.807, 2.05) is 18.2 Å². The fourth-order valence-corrected chi connectivity index (χ4v) is 2.04. The van der Waals surface area contributed by atoms with E-state index >= 15 is 0 Å². The van der Waals surface area contributed by atoms with Gasteiger partial charge in [-0.2, -0.15) is 10.5 Å². The number of nitrogens with one attached hydrogen (secondary N) is 1. The smallest absolute Gasteiger partial charge is 0.101 e. The van der Waals surface area contributed by atoms with Crippen LogP contribution in [-0.2, 0) is 13.1 Å². The summed E-state index contributed by atoms with van der Waals surface area (Å²) in [6, 6.07) is 11.3. The molecule has 2 aromatic rings. The van der Waals surface area contributed by atoms with Crippen LogP contribution in [0, 0.1) is 22.7 Å². The molecular weight excluding hydrogens is 248 g/mol. The summed E-state index contributed by atoms with van der Waals surface area (Å²) in [6.45, 7) is 3.88. The molecule has 0 unspecified atom stereocenters. The lowest BCUT2D eigenvalue weighted by molar-refractivity contribution is 0.682. The van der Waals surface area contributed by atoms with Crippen molar-refractivity contribution in [3.63, 3.8) is 0 Å². The van der Waals surface area contributed by atoms with E-state index in [1.54, 1.807) is 12.1 Å². The summed E-state index contributed by atoms with van der Waals surface area (Å²) in [5, 5.41) is 21.1. The molecule has 100 valence electrons. The quantitative estimate of drug-likeness (QED) is 0.901. The predicted molar refractivity (Wildman–Crippen MR) is 77.9 cm³/mol. The number of benzene rings is 1. The van der Waals surface area contributed by atoms with Gasteiger partial charge in [-0.3, -0.25) is 0 Å². The molecule has 1 N–H and O–H groups in total. The molecule has 0 aliphatic rings. The molecule has 2 rings (SSSR count). The van der Waals surface area contributed by atoms with Crippen molar-refractivity contribution in [3.05, 3.63) is 53.3 Å². The van der Waals surface area contributed by atoms with Crippen LogP contribution in [0.25, 0.3) is 0 Å². The van der Waals surface area contributed by atoms with E-state index in [0.29, 0.717) is 17.7 Å². The number of hydrogen-bond acceptors (Lipinski definition) is 3. The maximum Gasteiger partial charge on any atom is 0.101 e. The fourth-order valence-electron chi connectivity index (χ4n) is 2.04. The molecule has 4 heteroatoms. The topological polar surface area (TPSA) is 64.5 Å². The van der Waals surface area contributed by atoms with Crippen LogP contribution in [0.3, 0.4) is 0 Å². The Morgan fingerprint density at radius 2 is 1.95 bits per heavy atom. The van der Waals surface area contributed by atoms with Crippen LogP contribution >= 0.6 is 0 Å². The molecule has 0 spiro atoms. The molecule has 20 heavy (non-hydrogen) atoms. The van der Waals surface area contributed by atoms with Gasteiger partial charge in [-0.05, 0) is 36.2 Å². The van der Waals surface area contributed by atoms with Crippen LogP contribution in [0.4, 0.5) is 5.69 Å². The SMILES string of the molecule is CCCn1ccc(CNc2ccc(C#N)c(C#N)c2)c1. The van der Waals surface area contributed by atoms with Crippen molar-refractivity contribution in [2.24, 2.45) is 0 Å². The van der Waals surface area contributed by atoms with E-state index in [0.717, 1.165) is 18.7 Å². The summed E-state index contributed by atoms with van der Waals surface area (Å²) in [6.07, 6.45) is 5.30. The van der Waals surface area contributed by atoms with Gasteiger partial charge in [-0.25, -0.2) is 0 Å². The molecule has 0 saturated heterocycles. The minimum Gasteiger partial charge on any atom is -0.381 e. The minimum atomic E-state index is 0.404. The first-order valence-corrected chi connectivity index (χ1v) is 6.59. The zero-order valence-corrected chi connectivity index (χ0v) is 11.4. The standard InChI is InChI=1S/C16H16N4/c1-2-6-20-7-5-13(12-20)11-19-16-4-3-14(9-17)15(8-16)10-18/h3-5,7-8,12,19H,2,6,11H2,1H3. The Bertz CT molecular complexity index is 671. The van der Waals surface area contributed by atoms with Gasteiger partial charge < -0.3 is 9.88 Å². The summed E-state index contributed by atoms with van der Waals surface area (Å²) in [7, 11) is 0. The minimum absolute atomic E-state index is 0.404. The Hall–Kier alpha value is -2.72. The molecule has 0 aliphatic carbocycles. The summed E-state index contributed by atoms with van der Waals surface area (Å²) < 4.78 is 2.16. The number of anilines is 1. The van der Waals surface area contributed by atoms with Gasteiger partial charge in [0.2, 0.25) is 0 Å². The summed E-state index contributed by atoms with van der Waals surface area (Å²) in [5.41, 5.74) is 2.86. The fraction of sp³-hybridized carbons (Fsp3) is 0.250. The maximum atomic E-state index is 8.99. The van der Waals surface area contributed by atoms with E-state index in [1.165, 1.54) is 5.56 Å². The highest BCUT2D eigenvalue weighted by Gasteiger charge is 2.03. The van der Waals surface area contributed by atoms with Crippen LogP contribution < -0.4 is 5.32 Å². The third-order valence-corrected chi connectivity index (χ3v) is 3.05. The van der Waals surface area contributed by atoms with E-state index in [-0.39, 0.29) is 0 Å². The Morgan fingerprint density at radius 1 is 1.15 bits per heavy atom. The van der Waals surface area contributed by atoms with Gasteiger partial charge in [0.25, 0.3) is 0 Å². The molecule has 0 aliphatic heterocycles. The van der Waals surface area contributed by atoms with Gasteiger partial charge in [-0.15, -0.1) is 0 Å². The van der Waals surface area contributed by atoms with Crippen LogP contribution in [0.15, 0.2) is 36.7 Å². The highest BCUT2D eigenvalue weighted by atomic mass is 14.9. The molecule has 0 saturated carbocycles. The van der Waals surface area contributed by atoms with Crippen molar-refractivity contribution in [2.75, 3.05) is 5.32 Å². The molecule has 1 aromatic heterocycles. The molecule has 0 amide bonds. The highest BCUT2D eigenvalue weighted by molar-refractivity contribution is 5.56. The van der Waals surface area contributed by atoms with Gasteiger partial charge in [0.05, 0.1) is 11.1 Å². The third-order valence-electron chi connectivity index (χ3n) is 3.05. The van der Waals surface area contributed by atoms with E-state index in [9.17, 15) is 0 Å². The first kappa shape index (κ1) is 13.7. The number of nitriles is 2. The zero-order chi connectivity index (χ0) is 14.4. The van der Waals surface area contributed by atoms with Crippen LogP contribution in [0.1, 0.15) is 30.0 Å². The number of hydrogen-bond donors (Lipinski definition) is 1. The third kappa shape index (κ3) is 3.18. The lowest BCUT2D eigenvalue weighted by Gasteiger charge is -2.06. The first-order chi connectivity index (χ1) is 9.76. The molecule has 1 aromatic carbocycles. The van der Waals surface area contributed by atoms with Crippen LogP contribution in [0.5, 0.6) is 0 Å². The van der Waals surface area contributed by atoms with Crippen molar-refractivity contribution in [3.8, 4) is 12.1 Å². The summed E-state index contributed by atoms with van der Waals surface area (Å²) >= 11 is 0. The number of nitrogens with zero attached hydrogens (tertiary/aromatic N) is 3. The normalized spacial score (nSPS) is 9.75. The van der Waals surface area contributed by atoms with E-state index in [2.05, 4.69) is 35.3 Å². The van der Waals surface area contributed by atoms with Crippen molar-refractivity contribution in [1.82, 2.24) is 4.57 Å². The van der Waals surface area contributed by atoms with Crippen LogP contribution in [-0.4, -0.2) is 4.57 Å². The second-order valence-corrected chi connectivity index (χ2v) is 4.60. The number of aryl methyl sites for hydroxylation is 1. The zero-order valence-electron chi connectivity index (χ0n) is 11.4. The highest BCUT2D eigenvalue weighted by Crippen LogP contribution is 2.15. The molecule has 0 bridgehead atoms. The van der Waals surface area contributed by atoms with Crippen molar-refractivity contribution >= 4 is 5.69 Å². The Labute approximate surface area is 118 Å². The Kier molecular flexibility index (Phi) is 4.42. The van der Waals surface area contributed by atoms with Gasteiger partial charge in [-0.1, -0.05) is 6.92 Å². The molecule has 0 atom stereocenters. The second-order valence-electron chi connectivity index (χ2n) is 4.60. The number of aromatic nitrogens is 1. The van der Waals surface area contributed by atoms with Gasteiger partial charge in [0.15, 0.2) is 0 Å². The van der Waals surface area contributed by atoms with E-state index in [4.69, 9.17) is 10.5 Å². The molecule has 0 fully saturated rings. The largest absolute Gasteiger partial charge is 0.381 e. The average molecular weight is 264 g/mol. The molecule has 1 heterocycles.